The molecule has 0 bridgehead atoms. The van der Waals surface area contributed by atoms with E-state index < -0.39 is 0 Å². The molecule has 0 aliphatic rings. The van der Waals surface area contributed by atoms with Crippen LogP contribution in [0.15, 0.2) is 52.9 Å². The Hall–Kier alpha value is -2.89. The van der Waals surface area contributed by atoms with Gasteiger partial charge in [0.1, 0.15) is 5.75 Å². The van der Waals surface area contributed by atoms with E-state index in [-0.39, 0.29) is 12.3 Å². The van der Waals surface area contributed by atoms with Gasteiger partial charge in [-0.25, -0.2) is 0 Å². The van der Waals surface area contributed by atoms with Crippen molar-refractivity contribution in [3.63, 3.8) is 0 Å². The Morgan fingerprint density at radius 2 is 2.04 bits per heavy atom. The molecular weight excluding hydrogens is 380 g/mol. The maximum absolute atomic E-state index is 12.2. The summed E-state index contributed by atoms with van der Waals surface area (Å²) in [6.45, 7) is 0. The fraction of sp³-hybridized carbons (Fsp3) is 0.158. The molecule has 0 unspecified atom stereocenters. The van der Waals surface area contributed by atoms with Crippen LogP contribution in [0.3, 0.4) is 0 Å². The van der Waals surface area contributed by atoms with Gasteiger partial charge in [0.25, 0.3) is 0 Å². The Kier molecular flexibility index (Phi) is 6.41. The molecule has 0 saturated carbocycles. The molecule has 0 atom stereocenters. The molecule has 0 aliphatic carbocycles. The maximum atomic E-state index is 12.2. The van der Waals surface area contributed by atoms with Crippen molar-refractivity contribution < 1.29 is 9.53 Å². The number of nitrogens with one attached hydrogen (secondary N) is 1. The summed E-state index contributed by atoms with van der Waals surface area (Å²) < 4.78 is 5.94. The Morgan fingerprint density at radius 3 is 2.78 bits per heavy atom. The lowest BCUT2D eigenvalue weighted by molar-refractivity contribution is -0.115. The highest BCUT2D eigenvalue weighted by atomic mass is 32.2. The quantitative estimate of drug-likeness (QED) is 0.481. The summed E-state index contributed by atoms with van der Waals surface area (Å²) in [5, 5.41) is 20.2. The van der Waals surface area contributed by atoms with Crippen LogP contribution < -0.4 is 10.1 Å². The third-order valence-electron chi connectivity index (χ3n) is 3.60. The number of carbonyl (C=O) groups is 1. The van der Waals surface area contributed by atoms with Crippen molar-refractivity contribution in [3.8, 4) is 11.8 Å². The third kappa shape index (κ3) is 5.54. The van der Waals surface area contributed by atoms with Gasteiger partial charge in [-0.1, -0.05) is 47.4 Å². The summed E-state index contributed by atoms with van der Waals surface area (Å²) in [5.41, 5.74) is 2.60. The minimum atomic E-state index is -0.150. The van der Waals surface area contributed by atoms with Gasteiger partial charge < -0.3 is 10.1 Å². The molecule has 1 aromatic heterocycles. The van der Waals surface area contributed by atoms with E-state index >= 15 is 0 Å². The number of methoxy groups -OCH3 is 1. The van der Waals surface area contributed by atoms with Crippen LogP contribution >= 0.6 is 23.1 Å². The highest BCUT2D eigenvalue weighted by molar-refractivity contribution is 8.00. The zero-order valence-electron chi connectivity index (χ0n) is 14.5. The molecule has 6 nitrogen and oxygen atoms in total. The number of hydrogen-bond acceptors (Lipinski definition) is 7. The average molecular weight is 396 g/mol. The van der Waals surface area contributed by atoms with Gasteiger partial charge in [0, 0.05) is 5.75 Å². The van der Waals surface area contributed by atoms with Crippen molar-refractivity contribution >= 4 is 34.1 Å². The summed E-state index contributed by atoms with van der Waals surface area (Å²) in [4.78, 5) is 12.2. The molecule has 27 heavy (non-hydrogen) atoms. The molecule has 8 heteroatoms. The molecule has 0 fully saturated rings. The monoisotopic (exact) mass is 396 g/mol. The number of thioether (sulfide) groups is 1. The van der Waals surface area contributed by atoms with Crippen LogP contribution in [0.2, 0.25) is 0 Å². The van der Waals surface area contributed by atoms with Crippen LogP contribution in [0.4, 0.5) is 5.13 Å². The lowest BCUT2D eigenvalue weighted by Crippen LogP contribution is -2.14. The smallest absolute Gasteiger partial charge is 0.230 e. The topological polar surface area (TPSA) is 87.9 Å². The first-order chi connectivity index (χ1) is 13.2. The molecule has 0 aliphatic heterocycles. The second-order valence-electron chi connectivity index (χ2n) is 5.55. The summed E-state index contributed by atoms with van der Waals surface area (Å²) in [7, 11) is 1.59. The summed E-state index contributed by atoms with van der Waals surface area (Å²) in [6.07, 6.45) is 0.241. The molecule has 136 valence electrons. The predicted molar refractivity (Wildman–Crippen MR) is 106 cm³/mol. The largest absolute Gasteiger partial charge is 0.497 e. The fourth-order valence-corrected chi connectivity index (χ4v) is 3.99. The van der Waals surface area contributed by atoms with E-state index in [1.54, 1.807) is 19.2 Å². The lowest BCUT2D eigenvalue weighted by Gasteiger charge is -2.04. The van der Waals surface area contributed by atoms with Gasteiger partial charge in [0.2, 0.25) is 11.0 Å². The van der Waals surface area contributed by atoms with Gasteiger partial charge in [-0.05, 0) is 35.4 Å². The van der Waals surface area contributed by atoms with Crippen LogP contribution in [-0.4, -0.2) is 23.2 Å². The molecule has 1 heterocycles. The first-order valence-electron chi connectivity index (χ1n) is 8.04. The van der Waals surface area contributed by atoms with Gasteiger partial charge in [0.15, 0.2) is 4.34 Å². The Bertz CT molecular complexity index is 964. The highest BCUT2D eigenvalue weighted by Gasteiger charge is 2.10. The zero-order chi connectivity index (χ0) is 19.1. The van der Waals surface area contributed by atoms with Crippen LogP contribution in [0.1, 0.15) is 16.7 Å². The number of nitriles is 1. The number of amides is 1. The number of aromatic nitrogens is 2. The molecular formula is C19H16N4O2S2. The van der Waals surface area contributed by atoms with E-state index in [1.165, 1.54) is 23.1 Å². The van der Waals surface area contributed by atoms with E-state index in [9.17, 15) is 4.79 Å². The second kappa shape index (κ2) is 9.16. The van der Waals surface area contributed by atoms with Crippen molar-refractivity contribution in [2.75, 3.05) is 12.4 Å². The SMILES string of the molecule is COc1cccc(CC(=O)Nc2nnc(SCc3ccc(C#N)cc3)s2)c1. The molecule has 1 N–H and O–H groups in total. The standard InChI is InChI=1S/C19H16N4O2S2/c1-25-16-4-2-3-15(9-16)10-17(24)21-18-22-23-19(27-18)26-12-14-7-5-13(11-20)6-8-14/h2-9H,10,12H2,1H3,(H,21,22,24). The number of benzene rings is 2. The highest BCUT2D eigenvalue weighted by Crippen LogP contribution is 2.28. The van der Waals surface area contributed by atoms with E-state index in [4.69, 9.17) is 10.00 Å². The summed E-state index contributed by atoms with van der Waals surface area (Å²) in [6, 6.07) is 16.9. The third-order valence-corrected chi connectivity index (χ3v) is 5.64. The van der Waals surface area contributed by atoms with E-state index in [0.29, 0.717) is 10.7 Å². The van der Waals surface area contributed by atoms with Crippen LogP contribution in [-0.2, 0) is 17.0 Å². The minimum absolute atomic E-state index is 0.150. The number of hydrogen-bond donors (Lipinski definition) is 1. The van der Waals surface area contributed by atoms with Crippen LogP contribution in [0.5, 0.6) is 5.75 Å². The van der Waals surface area contributed by atoms with Crippen molar-refractivity contribution in [1.82, 2.24) is 10.2 Å². The van der Waals surface area contributed by atoms with Gasteiger partial charge in [-0.2, -0.15) is 5.26 Å². The Balaban J connectivity index is 1.52. The maximum Gasteiger partial charge on any atom is 0.230 e. The number of nitrogens with zero attached hydrogens (tertiary/aromatic N) is 3. The fourth-order valence-electron chi connectivity index (χ4n) is 2.27. The van der Waals surface area contributed by atoms with E-state index in [2.05, 4.69) is 21.6 Å². The number of ether oxygens (including phenoxy) is 1. The molecule has 2 aromatic carbocycles. The molecule has 1 amide bonds. The van der Waals surface area contributed by atoms with E-state index in [0.717, 1.165) is 27.0 Å². The van der Waals surface area contributed by atoms with Crippen molar-refractivity contribution in [3.05, 3.63) is 65.2 Å². The average Bonchev–Trinajstić information content (AvgIpc) is 3.14. The van der Waals surface area contributed by atoms with Gasteiger partial charge in [-0.3, -0.25) is 4.79 Å². The Morgan fingerprint density at radius 1 is 1.22 bits per heavy atom. The first-order valence-corrected chi connectivity index (χ1v) is 9.84. The van der Waals surface area contributed by atoms with E-state index in [1.807, 2.05) is 36.4 Å². The molecule has 0 saturated heterocycles. The van der Waals surface area contributed by atoms with Gasteiger partial charge in [0.05, 0.1) is 25.2 Å². The minimum Gasteiger partial charge on any atom is -0.497 e. The molecule has 3 aromatic rings. The molecule has 0 radical (unpaired) electrons. The normalized spacial score (nSPS) is 10.2. The number of anilines is 1. The molecule has 3 rings (SSSR count). The first kappa shape index (κ1) is 18.9. The lowest BCUT2D eigenvalue weighted by atomic mass is 10.1. The summed E-state index contributed by atoms with van der Waals surface area (Å²) in [5.74, 6) is 1.29. The number of carbonyl (C=O) groups excluding carboxylic acids is 1. The Labute approximate surface area is 165 Å². The number of rotatable bonds is 7. The van der Waals surface area contributed by atoms with Crippen molar-refractivity contribution in [2.45, 2.75) is 16.5 Å². The van der Waals surface area contributed by atoms with Crippen LogP contribution in [0, 0.1) is 11.3 Å². The van der Waals surface area contributed by atoms with Gasteiger partial charge in [-0.15, -0.1) is 10.2 Å². The zero-order valence-corrected chi connectivity index (χ0v) is 16.1. The predicted octanol–water partition coefficient (Wildman–Crippen LogP) is 3.89. The molecule has 0 spiro atoms. The van der Waals surface area contributed by atoms with Crippen molar-refractivity contribution in [1.29, 1.82) is 5.26 Å². The summed E-state index contributed by atoms with van der Waals surface area (Å²) >= 11 is 2.88. The van der Waals surface area contributed by atoms with Crippen LogP contribution in [0.25, 0.3) is 0 Å². The van der Waals surface area contributed by atoms with Gasteiger partial charge >= 0.3 is 0 Å². The second-order valence-corrected chi connectivity index (χ2v) is 7.75. The van der Waals surface area contributed by atoms with Crippen molar-refractivity contribution in [2.24, 2.45) is 0 Å².